The van der Waals surface area contributed by atoms with Gasteiger partial charge in [0, 0.05) is 37.1 Å². The monoisotopic (exact) mass is 217 g/mol. The maximum absolute atomic E-state index is 11.6. The van der Waals surface area contributed by atoms with Crippen LogP contribution < -0.4 is 4.90 Å². The van der Waals surface area contributed by atoms with E-state index in [9.17, 15) is 15.0 Å². The first-order valence-electron chi connectivity index (χ1n) is 4.89. The van der Waals surface area contributed by atoms with Crippen molar-refractivity contribution < 1.29 is 15.0 Å². The highest BCUT2D eigenvalue weighted by atomic mass is 16.3. The lowest BCUT2D eigenvalue weighted by atomic mass is 10.1. The topological polar surface area (TPSA) is 60.8 Å². The Morgan fingerprint density at radius 2 is 1.94 bits per heavy atom. The number of phenols is 2. The molecule has 0 saturated carbocycles. The molecule has 1 unspecified atom stereocenters. The highest BCUT2D eigenvalue weighted by molar-refractivity contribution is 5.96. The van der Waals surface area contributed by atoms with Crippen molar-refractivity contribution in [2.24, 2.45) is 5.92 Å². The molecule has 4 nitrogen and oxygen atoms in total. The van der Waals surface area contributed by atoms with Crippen molar-refractivity contribution in [3.05, 3.63) is 18.2 Å². The van der Waals surface area contributed by atoms with Gasteiger partial charge >= 0.3 is 0 Å². The summed E-state index contributed by atoms with van der Waals surface area (Å²) < 4.78 is 0. The van der Waals surface area contributed by atoms with Crippen molar-refractivity contribution in [1.29, 1.82) is 0 Å². The second-order valence-electron chi connectivity index (χ2n) is 3.78. The molecule has 1 aliphatic heterocycles. The molecule has 4 heteroatoms. The summed E-state index contributed by atoms with van der Waals surface area (Å²) in [5.41, 5.74) is 0.472. The maximum Gasteiger partial charge on any atom is 0.228 e. The van der Waals surface area contributed by atoms with Gasteiger partial charge in [-0.1, -0.05) is 0 Å². The van der Waals surface area contributed by atoms with Crippen molar-refractivity contribution in [1.82, 2.24) is 0 Å². The lowest BCUT2D eigenvalue weighted by Gasteiger charge is -2.16. The highest BCUT2D eigenvalue weighted by Gasteiger charge is 2.29. The summed E-state index contributed by atoms with van der Waals surface area (Å²) in [5, 5.41) is 18.7. The molecule has 0 aromatic heterocycles. The fraction of sp³-hybridized carbons (Fsp3) is 0.250. The van der Waals surface area contributed by atoms with Crippen LogP contribution in [-0.2, 0) is 4.79 Å². The summed E-state index contributed by atoms with van der Waals surface area (Å²) in [4.78, 5) is 13.1. The predicted octanol–water partition coefficient (Wildman–Crippen LogP) is 1.08. The van der Waals surface area contributed by atoms with Crippen molar-refractivity contribution in [3.8, 4) is 23.8 Å². The minimum absolute atomic E-state index is 0.0769. The van der Waals surface area contributed by atoms with Gasteiger partial charge in [-0.3, -0.25) is 4.79 Å². The van der Waals surface area contributed by atoms with Gasteiger partial charge in [-0.15, -0.1) is 12.3 Å². The summed E-state index contributed by atoms with van der Waals surface area (Å²) in [6.07, 6.45) is 5.58. The standard InChI is InChI=1S/C12H11NO3/c1-2-8-3-12(16)13(7-8)9-4-10(14)6-11(15)5-9/h1,4-6,8,14-15H,3,7H2. The van der Waals surface area contributed by atoms with E-state index in [0.29, 0.717) is 18.7 Å². The molecule has 0 aliphatic carbocycles. The minimum atomic E-state index is -0.100. The van der Waals surface area contributed by atoms with Crippen LogP contribution in [0.5, 0.6) is 11.5 Å². The van der Waals surface area contributed by atoms with E-state index in [1.54, 1.807) is 0 Å². The quantitative estimate of drug-likeness (QED) is 0.692. The highest BCUT2D eigenvalue weighted by Crippen LogP contribution is 2.30. The first kappa shape index (κ1) is 10.4. The molecule has 1 saturated heterocycles. The molecule has 2 rings (SSSR count). The summed E-state index contributed by atoms with van der Waals surface area (Å²) >= 11 is 0. The van der Waals surface area contributed by atoms with E-state index in [2.05, 4.69) is 5.92 Å². The van der Waals surface area contributed by atoms with E-state index < -0.39 is 0 Å². The van der Waals surface area contributed by atoms with Crippen LogP contribution >= 0.6 is 0 Å². The molecular formula is C12H11NO3. The number of aromatic hydroxyl groups is 2. The Morgan fingerprint density at radius 3 is 2.44 bits per heavy atom. The third-order valence-electron chi connectivity index (χ3n) is 2.56. The third-order valence-corrected chi connectivity index (χ3v) is 2.56. The Morgan fingerprint density at radius 1 is 1.31 bits per heavy atom. The van der Waals surface area contributed by atoms with E-state index in [0.717, 1.165) is 0 Å². The second-order valence-corrected chi connectivity index (χ2v) is 3.78. The summed E-state index contributed by atoms with van der Waals surface area (Å²) in [6.45, 7) is 0.429. The van der Waals surface area contributed by atoms with Gasteiger partial charge in [-0.2, -0.15) is 0 Å². The van der Waals surface area contributed by atoms with Crippen molar-refractivity contribution >= 4 is 11.6 Å². The van der Waals surface area contributed by atoms with Crippen LogP contribution in [0.3, 0.4) is 0 Å². The van der Waals surface area contributed by atoms with Gasteiger partial charge in [0.05, 0.1) is 5.69 Å². The number of carbonyl (C=O) groups excluding carboxylic acids is 1. The van der Waals surface area contributed by atoms with Gasteiger partial charge < -0.3 is 15.1 Å². The molecule has 1 amide bonds. The molecule has 1 fully saturated rings. The zero-order chi connectivity index (χ0) is 11.7. The van der Waals surface area contributed by atoms with Crippen molar-refractivity contribution in [2.45, 2.75) is 6.42 Å². The lowest BCUT2D eigenvalue weighted by Crippen LogP contribution is -2.24. The third kappa shape index (κ3) is 1.80. The smallest absolute Gasteiger partial charge is 0.228 e. The molecule has 82 valence electrons. The molecule has 2 N–H and O–H groups in total. The van der Waals surface area contributed by atoms with E-state index in [4.69, 9.17) is 6.42 Å². The van der Waals surface area contributed by atoms with Gasteiger partial charge in [-0.25, -0.2) is 0 Å². The number of terminal acetylenes is 1. The first-order chi connectivity index (χ1) is 7.60. The zero-order valence-corrected chi connectivity index (χ0v) is 8.55. The van der Waals surface area contributed by atoms with Crippen LogP contribution in [0.25, 0.3) is 0 Å². The molecule has 16 heavy (non-hydrogen) atoms. The van der Waals surface area contributed by atoms with E-state index in [1.165, 1.54) is 23.1 Å². The molecule has 1 aliphatic rings. The zero-order valence-electron chi connectivity index (χ0n) is 8.55. The van der Waals surface area contributed by atoms with E-state index >= 15 is 0 Å². The SMILES string of the molecule is C#CC1CC(=O)N(c2cc(O)cc(O)c2)C1. The molecule has 1 aromatic rings. The van der Waals surface area contributed by atoms with Crippen LogP contribution in [0.15, 0.2) is 18.2 Å². The minimum Gasteiger partial charge on any atom is -0.508 e. The fourth-order valence-corrected chi connectivity index (χ4v) is 1.80. The summed E-state index contributed by atoms with van der Waals surface area (Å²) in [5.74, 6) is 2.19. The van der Waals surface area contributed by atoms with Gasteiger partial charge in [0.2, 0.25) is 5.91 Å². The number of amides is 1. The summed E-state index contributed by atoms with van der Waals surface area (Å²) in [6, 6.07) is 4.07. The molecule has 1 heterocycles. The normalized spacial score (nSPS) is 19.8. The van der Waals surface area contributed by atoms with Crippen LogP contribution in [0.1, 0.15) is 6.42 Å². The van der Waals surface area contributed by atoms with Gasteiger partial charge in [0.15, 0.2) is 0 Å². The second kappa shape index (κ2) is 3.78. The van der Waals surface area contributed by atoms with Crippen LogP contribution in [0.4, 0.5) is 5.69 Å². The number of rotatable bonds is 1. The molecule has 0 radical (unpaired) electrons. The van der Waals surface area contributed by atoms with Crippen LogP contribution in [0, 0.1) is 18.3 Å². The van der Waals surface area contributed by atoms with Crippen LogP contribution in [-0.4, -0.2) is 22.7 Å². The maximum atomic E-state index is 11.6. The van der Waals surface area contributed by atoms with Gasteiger partial charge in [0.25, 0.3) is 0 Å². The average molecular weight is 217 g/mol. The number of phenolic OH excluding ortho intramolecular Hbond substituents is 2. The van der Waals surface area contributed by atoms with Crippen molar-refractivity contribution in [3.63, 3.8) is 0 Å². The van der Waals surface area contributed by atoms with Crippen LogP contribution in [0.2, 0.25) is 0 Å². The number of hydrogen-bond acceptors (Lipinski definition) is 3. The Kier molecular flexibility index (Phi) is 2.45. The Labute approximate surface area is 93.1 Å². The first-order valence-corrected chi connectivity index (χ1v) is 4.89. The van der Waals surface area contributed by atoms with Gasteiger partial charge in [-0.05, 0) is 0 Å². The molecule has 1 aromatic carbocycles. The Hall–Kier alpha value is -2.15. The summed E-state index contributed by atoms with van der Waals surface area (Å²) in [7, 11) is 0. The lowest BCUT2D eigenvalue weighted by molar-refractivity contribution is -0.117. The van der Waals surface area contributed by atoms with Gasteiger partial charge in [0.1, 0.15) is 11.5 Å². The number of benzene rings is 1. The van der Waals surface area contributed by atoms with Crippen molar-refractivity contribution in [2.75, 3.05) is 11.4 Å². The predicted molar refractivity (Wildman–Crippen MR) is 59.1 cm³/mol. The number of nitrogens with zero attached hydrogens (tertiary/aromatic N) is 1. The largest absolute Gasteiger partial charge is 0.508 e. The molecule has 1 atom stereocenters. The van der Waals surface area contributed by atoms with E-state index in [1.807, 2.05) is 0 Å². The molecule has 0 spiro atoms. The molecular weight excluding hydrogens is 206 g/mol. The number of anilines is 1. The average Bonchev–Trinajstić information content (AvgIpc) is 2.58. The Balaban J connectivity index is 2.32. The Bertz CT molecular complexity index is 455. The number of carbonyl (C=O) groups is 1. The number of hydrogen-bond donors (Lipinski definition) is 2. The fourth-order valence-electron chi connectivity index (χ4n) is 1.80. The molecule has 0 bridgehead atoms. The van der Waals surface area contributed by atoms with E-state index in [-0.39, 0.29) is 23.3 Å².